The first kappa shape index (κ1) is 16.8. The minimum atomic E-state index is -4.23. The predicted octanol–water partition coefficient (Wildman–Crippen LogP) is 0.600. The number of carbonyl (C=O) groups excluding carboxylic acids is 2. The van der Waals surface area contributed by atoms with Gasteiger partial charge in [-0.1, -0.05) is 0 Å². The molecule has 0 saturated carbocycles. The first-order valence-corrected chi connectivity index (χ1v) is 5.82. The van der Waals surface area contributed by atoms with Crippen molar-refractivity contribution in [3.63, 3.8) is 0 Å². The van der Waals surface area contributed by atoms with Gasteiger partial charge in [-0.3, -0.25) is 0 Å². The lowest BCUT2D eigenvalue weighted by atomic mass is 10.2. The van der Waals surface area contributed by atoms with E-state index in [2.05, 4.69) is 4.74 Å². The van der Waals surface area contributed by atoms with Crippen LogP contribution in [-0.2, 0) is 14.3 Å². The molecule has 0 bridgehead atoms. The normalized spacial score (nSPS) is 12.6. The lowest BCUT2D eigenvalue weighted by molar-refractivity contribution is -0.331. The van der Waals surface area contributed by atoms with Crippen molar-refractivity contribution in [3.05, 3.63) is 29.8 Å². The van der Waals surface area contributed by atoms with E-state index in [9.17, 15) is 23.5 Å². The number of benzene rings is 1. The Bertz CT molecular complexity index is 500. The first-order chi connectivity index (χ1) is 9.76. The number of hydrogen-bond acceptors (Lipinski definition) is 6. The second-order valence-corrected chi connectivity index (χ2v) is 4.01. The van der Waals surface area contributed by atoms with E-state index in [1.807, 2.05) is 0 Å². The Kier molecular flexibility index (Phi) is 5.60. The van der Waals surface area contributed by atoms with Gasteiger partial charge in [0, 0.05) is 7.11 Å². The van der Waals surface area contributed by atoms with Crippen LogP contribution in [0.4, 0.5) is 8.78 Å². The zero-order valence-electron chi connectivity index (χ0n) is 11.3. The lowest BCUT2D eigenvalue weighted by Crippen LogP contribution is -2.45. The lowest BCUT2D eigenvalue weighted by Gasteiger charge is -2.17. The molecule has 1 aromatic carbocycles. The summed E-state index contributed by atoms with van der Waals surface area (Å²) in [6, 6.07) is 5.42. The molecule has 21 heavy (non-hydrogen) atoms. The summed E-state index contributed by atoms with van der Waals surface area (Å²) in [6.07, 6.45) is -0.496. The third kappa shape index (κ3) is 4.99. The van der Waals surface area contributed by atoms with Crippen molar-refractivity contribution >= 4 is 11.9 Å². The smallest absolute Gasteiger partial charge is 0.338 e. The van der Waals surface area contributed by atoms with E-state index in [0.717, 1.165) is 0 Å². The summed E-state index contributed by atoms with van der Waals surface area (Å²) in [7, 11) is 1.45. The largest absolute Gasteiger partial charge is 0.544 e. The summed E-state index contributed by atoms with van der Waals surface area (Å²) >= 11 is 0. The molecule has 1 atom stereocenters. The van der Waals surface area contributed by atoms with Gasteiger partial charge in [-0.15, -0.1) is 0 Å². The summed E-state index contributed by atoms with van der Waals surface area (Å²) in [4.78, 5) is 21.5. The van der Waals surface area contributed by atoms with Gasteiger partial charge >= 0.3 is 11.9 Å². The molecule has 0 N–H and O–H groups in total. The summed E-state index contributed by atoms with van der Waals surface area (Å²) in [6.45, 7) is 0.0668. The Balaban J connectivity index is 2.61. The highest BCUT2D eigenvalue weighted by Crippen LogP contribution is 2.17. The number of aliphatic carboxylic acids is 1. The van der Waals surface area contributed by atoms with Gasteiger partial charge < -0.3 is 24.1 Å². The van der Waals surface area contributed by atoms with Gasteiger partial charge in [0.2, 0.25) is 0 Å². The maximum absolute atomic E-state index is 12.7. The van der Waals surface area contributed by atoms with Crippen LogP contribution in [0.1, 0.15) is 17.3 Å². The van der Waals surface area contributed by atoms with Crippen molar-refractivity contribution in [2.75, 3.05) is 13.7 Å². The average molecular weight is 303 g/mol. The average Bonchev–Trinajstić information content (AvgIpc) is 2.45. The van der Waals surface area contributed by atoms with Crippen LogP contribution in [0.25, 0.3) is 0 Å². The SMILES string of the molecule is COC(C)Oc1ccc(C(=O)OCC(F)(F)C(=O)[O-])cc1. The number of methoxy groups -OCH3 is 1. The van der Waals surface area contributed by atoms with Crippen LogP contribution < -0.4 is 9.84 Å². The molecule has 0 saturated heterocycles. The fraction of sp³-hybridized carbons (Fsp3) is 0.385. The second-order valence-electron chi connectivity index (χ2n) is 4.01. The van der Waals surface area contributed by atoms with Crippen molar-refractivity contribution < 1.29 is 37.7 Å². The Morgan fingerprint density at radius 3 is 2.33 bits per heavy atom. The van der Waals surface area contributed by atoms with Gasteiger partial charge in [-0.2, -0.15) is 8.78 Å². The molecule has 0 aliphatic carbocycles. The topological polar surface area (TPSA) is 84.9 Å². The number of carboxylic acids is 1. The number of rotatable bonds is 7. The summed E-state index contributed by atoms with van der Waals surface area (Å²) in [5.41, 5.74) is -0.0263. The van der Waals surface area contributed by atoms with Crippen LogP contribution in [-0.4, -0.2) is 37.9 Å². The van der Waals surface area contributed by atoms with Gasteiger partial charge in [0.05, 0.1) is 5.56 Å². The maximum Gasteiger partial charge on any atom is 0.338 e. The van der Waals surface area contributed by atoms with E-state index in [0.29, 0.717) is 5.75 Å². The van der Waals surface area contributed by atoms with E-state index >= 15 is 0 Å². The molecule has 8 heteroatoms. The van der Waals surface area contributed by atoms with Crippen molar-refractivity contribution in [2.45, 2.75) is 19.1 Å². The Hall–Kier alpha value is -2.22. The van der Waals surface area contributed by atoms with Crippen LogP contribution in [0.15, 0.2) is 24.3 Å². The van der Waals surface area contributed by atoms with Crippen molar-refractivity contribution in [1.82, 2.24) is 0 Å². The molecule has 0 spiro atoms. The zero-order valence-corrected chi connectivity index (χ0v) is 11.3. The summed E-state index contributed by atoms with van der Waals surface area (Å²) in [5, 5.41) is 10.1. The van der Waals surface area contributed by atoms with E-state index in [1.165, 1.54) is 31.4 Å². The van der Waals surface area contributed by atoms with Crippen molar-refractivity contribution in [2.24, 2.45) is 0 Å². The second kappa shape index (κ2) is 6.98. The molecule has 116 valence electrons. The number of halogens is 2. The van der Waals surface area contributed by atoms with Crippen LogP contribution in [0.2, 0.25) is 0 Å². The third-order valence-corrected chi connectivity index (χ3v) is 2.41. The van der Waals surface area contributed by atoms with Crippen LogP contribution in [0.5, 0.6) is 5.75 Å². The Morgan fingerprint density at radius 2 is 1.86 bits per heavy atom. The van der Waals surface area contributed by atoms with Gasteiger partial charge in [-0.05, 0) is 31.2 Å². The number of carbonyl (C=O) groups is 2. The Labute approximate surface area is 119 Å². The number of esters is 1. The highest BCUT2D eigenvalue weighted by atomic mass is 19.3. The first-order valence-electron chi connectivity index (χ1n) is 5.82. The molecule has 0 radical (unpaired) electrons. The molecule has 0 aliphatic rings. The summed E-state index contributed by atoms with van der Waals surface area (Å²) < 4.78 is 39.7. The fourth-order valence-corrected chi connectivity index (χ4v) is 1.21. The molecule has 1 aromatic rings. The monoisotopic (exact) mass is 303 g/mol. The standard InChI is InChI=1S/C13H14F2O6/c1-8(19-2)21-10-5-3-9(4-6-10)11(16)20-7-13(14,15)12(17)18/h3-6,8H,7H2,1-2H3,(H,17,18)/p-1. The number of carboxylic acid groups (broad SMARTS) is 1. The van der Waals surface area contributed by atoms with E-state index < -0.39 is 30.8 Å². The third-order valence-electron chi connectivity index (χ3n) is 2.41. The fourth-order valence-electron chi connectivity index (χ4n) is 1.21. The molecular weight excluding hydrogens is 290 g/mol. The Morgan fingerprint density at radius 1 is 1.29 bits per heavy atom. The van der Waals surface area contributed by atoms with Gasteiger partial charge in [-0.25, -0.2) is 4.79 Å². The molecule has 0 fully saturated rings. The molecule has 1 rings (SSSR count). The summed E-state index contributed by atoms with van der Waals surface area (Å²) in [5.74, 6) is -7.51. The van der Waals surface area contributed by atoms with Crippen molar-refractivity contribution in [1.29, 1.82) is 0 Å². The highest BCUT2D eigenvalue weighted by molar-refractivity contribution is 5.89. The van der Waals surface area contributed by atoms with Crippen LogP contribution in [0.3, 0.4) is 0 Å². The molecule has 0 aromatic heterocycles. The van der Waals surface area contributed by atoms with Crippen molar-refractivity contribution in [3.8, 4) is 5.75 Å². The van der Waals surface area contributed by atoms with Gasteiger partial charge in [0.25, 0.3) is 0 Å². The molecule has 1 unspecified atom stereocenters. The number of alkyl halides is 2. The molecular formula is C13H13F2O6-. The van der Waals surface area contributed by atoms with Gasteiger partial charge in [0.15, 0.2) is 12.9 Å². The van der Waals surface area contributed by atoms with E-state index in [-0.39, 0.29) is 5.56 Å². The van der Waals surface area contributed by atoms with E-state index in [1.54, 1.807) is 6.92 Å². The minimum absolute atomic E-state index is 0.0263. The quantitative estimate of drug-likeness (QED) is 0.542. The van der Waals surface area contributed by atoms with Gasteiger partial charge in [0.1, 0.15) is 11.7 Å². The number of ether oxygens (including phenoxy) is 3. The molecule has 0 heterocycles. The molecule has 0 amide bonds. The van der Waals surface area contributed by atoms with E-state index in [4.69, 9.17) is 9.47 Å². The molecule has 0 aliphatic heterocycles. The zero-order chi connectivity index (χ0) is 16.0. The number of hydrogen-bond donors (Lipinski definition) is 0. The van der Waals surface area contributed by atoms with Crippen LogP contribution in [0, 0.1) is 0 Å². The highest BCUT2D eigenvalue weighted by Gasteiger charge is 2.33. The molecule has 6 nitrogen and oxygen atoms in total. The predicted molar refractivity (Wildman–Crippen MR) is 63.8 cm³/mol. The minimum Gasteiger partial charge on any atom is -0.544 e. The maximum atomic E-state index is 12.7. The van der Waals surface area contributed by atoms with Crippen LogP contribution >= 0.6 is 0 Å².